The zero-order chi connectivity index (χ0) is 16.2. The quantitative estimate of drug-likeness (QED) is 0.727. The molecule has 5 nitrogen and oxygen atoms in total. The molecule has 0 fully saturated rings. The number of halogens is 1. The lowest BCUT2D eigenvalue weighted by atomic mass is 10.2. The lowest BCUT2D eigenvalue weighted by Crippen LogP contribution is -2.21. The fourth-order valence-electron chi connectivity index (χ4n) is 2.14. The molecule has 0 unspecified atom stereocenters. The first-order chi connectivity index (χ1) is 11.1. The number of hydrogen-bond donors (Lipinski definition) is 2. The molecule has 3 aromatic rings. The average molecular weight is 312 g/mol. The van der Waals surface area contributed by atoms with Crippen molar-refractivity contribution >= 4 is 28.5 Å². The van der Waals surface area contributed by atoms with Gasteiger partial charge in [0.2, 0.25) is 0 Å². The van der Waals surface area contributed by atoms with E-state index in [1.54, 1.807) is 12.1 Å². The Morgan fingerprint density at radius 2 is 1.83 bits per heavy atom. The van der Waals surface area contributed by atoms with E-state index in [0.717, 1.165) is 10.9 Å². The highest BCUT2D eigenvalue weighted by atomic mass is 19.1. The smallest absolute Gasteiger partial charge is 0.355 e. The summed E-state index contributed by atoms with van der Waals surface area (Å²) in [6, 6.07) is 14.8. The second kappa shape index (κ2) is 6.31. The predicted molar refractivity (Wildman–Crippen MR) is 83.6 cm³/mol. The summed E-state index contributed by atoms with van der Waals surface area (Å²) in [6.45, 7) is -0.497. The van der Waals surface area contributed by atoms with E-state index >= 15 is 0 Å². The minimum Gasteiger partial charge on any atom is -0.451 e. The largest absolute Gasteiger partial charge is 0.451 e. The molecule has 0 radical (unpaired) electrons. The van der Waals surface area contributed by atoms with Crippen molar-refractivity contribution in [1.29, 1.82) is 0 Å². The maximum Gasteiger partial charge on any atom is 0.355 e. The Balaban J connectivity index is 1.60. The number of fused-ring (bicyclic) bond motifs is 1. The number of benzene rings is 2. The maximum absolute atomic E-state index is 13.4. The Morgan fingerprint density at radius 3 is 2.61 bits per heavy atom. The number of H-pyrrole nitrogens is 1. The van der Waals surface area contributed by atoms with Gasteiger partial charge in [0.15, 0.2) is 6.61 Å². The molecule has 0 atom stereocenters. The molecule has 0 saturated heterocycles. The van der Waals surface area contributed by atoms with E-state index in [2.05, 4.69) is 10.3 Å². The van der Waals surface area contributed by atoms with Crippen LogP contribution in [0.4, 0.5) is 10.1 Å². The SMILES string of the molecule is O=C(COC(=O)c1cc2ccccc2[nH]1)Nc1ccccc1F. The molecule has 116 valence electrons. The van der Waals surface area contributed by atoms with Gasteiger partial charge in [0.25, 0.3) is 5.91 Å². The second-order valence-electron chi connectivity index (χ2n) is 4.87. The van der Waals surface area contributed by atoms with Gasteiger partial charge in [0, 0.05) is 10.9 Å². The van der Waals surface area contributed by atoms with Crippen LogP contribution in [-0.4, -0.2) is 23.5 Å². The summed E-state index contributed by atoms with van der Waals surface area (Å²) < 4.78 is 18.3. The van der Waals surface area contributed by atoms with Crippen LogP contribution in [0, 0.1) is 5.82 Å². The minimum absolute atomic E-state index is 0.0409. The third-order valence-corrected chi connectivity index (χ3v) is 3.23. The van der Waals surface area contributed by atoms with Crippen LogP contribution in [0.2, 0.25) is 0 Å². The number of carbonyl (C=O) groups is 2. The van der Waals surface area contributed by atoms with Crippen molar-refractivity contribution in [2.24, 2.45) is 0 Å². The summed E-state index contributed by atoms with van der Waals surface area (Å²) in [5.74, 6) is -1.81. The van der Waals surface area contributed by atoms with Gasteiger partial charge in [-0.3, -0.25) is 4.79 Å². The van der Waals surface area contributed by atoms with Crippen LogP contribution in [-0.2, 0) is 9.53 Å². The van der Waals surface area contributed by atoms with Gasteiger partial charge in [-0.1, -0.05) is 30.3 Å². The molecule has 0 aliphatic rings. The Labute approximate surface area is 131 Å². The first-order valence-electron chi connectivity index (χ1n) is 6.93. The van der Waals surface area contributed by atoms with Gasteiger partial charge in [0.05, 0.1) is 5.69 Å². The zero-order valence-electron chi connectivity index (χ0n) is 12.0. The molecular formula is C17H13FN2O3. The maximum atomic E-state index is 13.4. The summed E-state index contributed by atoms with van der Waals surface area (Å²) in [5.41, 5.74) is 1.10. The van der Waals surface area contributed by atoms with Crippen LogP contribution >= 0.6 is 0 Å². The number of anilines is 1. The number of amides is 1. The van der Waals surface area contributed by atoms with E-state index in [0.29, 0.717) is 0 Å². The number of carbonyl (C=O) groups excluding carboxylic acids is 2. The molecule has 0 aliphatic heterocycles. The normalized spacial score (nSPS) is 10.5. The van der Waals surface area contributed by atoms with E-state index in [1.165, 1.54) is 18.2 Å². The molecule has 6 heteroatoms. The Bertz CT molecular complexity index is 840. The van der Waals surface area contributed by atoms with Crippen molar-refractivity contribution in [1.82, 2.24) is 4.98 Å². The number of para-hydroxylation sites is 2. The molecule has 1 aromatic heterocycles. The Hall–Kier alpha value is -3.15. The molecule has 1 heterocycles. The summed E-state index contributed by atoms with van der Waals surface area (Å²) in [4.78, 5) is 26.5. The lowest BCUT2D eigenvalue weighted by Gasteiger charge is -2.06. The van der Waals surface area contributed by atoms with Crippen molar-refractivity contribution < 1.29 is 18.7 Å². The predicted octanol–water partition coefficient (Wildman–Crippen LogP) is 3.10. The fourth-order valence-corrected chi connectivity index (χ4v) is 2.14. The molecule has 2 aromatic carbocycles. The summed E-state index contributed by atoms with van der Waals surface area (Å²) in [6.07, 6.45) is 0. The van der Waals surface area contributed by atoms with Crippen LogP contribution in [0.5, 0.6) is 0 Å². The Morgan fingerprint density at radius 1 is 1.09 bits per heavy atom. The van der Waals surface area contributed by atoms with E-state index < -0.39 is 24.3 Å². The summed E-state index contributed by atoms with van der Waals surface area (Å²) >= 11 is 0. The van der Waals surface area contributed by atoms with Crippen molar-refractivity contribution in [3.05, 3.63) is 66.1 Å². The molecule has 23 heavy (non-hydrogen) atoms. The van der Waals surface area contributed by atoms with Crippen LogP contribution in [0.15, 0.2) is 54.6 Å². The topological polar surface area (TPSA) is 71.2 Å². The number of nitrogens with one attached hydrogen (secondary N) is 2. The monoisotopic (exact) mass is 312 g/mol. The molecule has 3 rings (SSSR count). The molecule has 0 spiro atoms. The highest BCUT2D eigenvalue weighted by Crippen LogP contribution is 2.15. The van der Waals surface area contributed by atoms with Crippen LogP contribution in [0.25, 0.3) is 10.9 Å². The van der Waals surface area contributed by atoms with Crippen molar-refractivity contribution in [3.8, 4) is 0 Å². The Kier molecular flexibility index (Phi) is 4.05. The third kappa shape index (κ3) is 3.37. The molecule has 2 N–H and O–H groups in total. The van der Waals surface area contributed by atoms with E-state index in [1.807, 2.05) is 24.3 Å². The van der Waals surface area contributed by atoms with E-state index in [9.17, 15) is 14.0 Å². The highest BCUT2D eigenvalue weighted by Gasteiger charge is 2.13. The lowest BCUT2D eigenvalue weighted by molar-refractivity contribution is -0.119. The molecule has 1 amide bonds. The molecular weight excluding hydrogens is 299 g/mol. The summed E-state index contributed by atoms with van der Waals surface area (Å²) in [5, 5.41) is 3.21. The number of hydrogen-bond acceptors (Lipinski definition) is 3. The zero-order valence-corrected chi connectivity index (χ0v) is 12.0. The average Bonchev–Trinajstić information content (AvgIpc) is 2.99. The summed E-state index contributed by atoms with van der Waals surface area (Å²) in [7, 11) is 0. The first kappa shape index (κ1) is 14.8. The highest BCUT2D eigenvalue weighted by molar-refractivity contribution is 5.97. The van der Waals surface area contributed by atoms with Crippen LogP contribution in [0.3, 0.4) is 0 Å². The van der Waals surface area contributed by atoms with Crippen molar-refractivity contribution in [3.63, 3.8) is 0 Å². The molecule has 0 saturated carbocycles. The standard InChI is InChI=1S/C17H13FN2O3/c18-12-6-2-4-8-14(12)20-16(21)10-23-17(22)15-9-11-5-1-3-7-13(11)19-15/h1-9,19H,10H2,(H,20,21). The number of aromatic amines is 1. The van der Waals surface area contributed by atoms with E-state index in [4.69, 9.17) is 4.74 Å². The number of ether oxygens (including phenoxy) is 1. The van der Waals surface area contributed by atoms with Gasteiger partial charge in [-0.25, -0.2) is 9.18 Å². The van der Waals surface area contributed by atoms with E-state index in [-0.39, 0.29) is 11.4 Å². The van der Waals surface area contributed by atoms with Gasteiger partial charge in [0.1, 0.15) is 11.5 Å². The van der Waals surface area contributed by atoms with Crippen molar-refractivity contribution in [2.75, 3.05) is 11.9 Å². The van der Waals surface area contributed by atoms with Crippen LogP contribution in [0.1, 0.15) is 10.5 Å². The first-order valence-corrected chi connectivity index (χ1v) is 6.93. The fraction of sp³-hybridized carbons (Fsp3) is 0.0588. The van der Waals surface area contributed by atoms with Crippen molar-refractivity contribution in [2.45, 2.75) is 0 Å². The van der Waals surface area contributed by atoms with Gasteiger partial charge in [-0.15, -0.1) is 0 Å². The van der Waals surface area contributed by atoms with Gasteiger partial charge >= 0.3 is 5.97 Å². The number of aromatic nitrogens is 1. The van der Waals surface area contributed by atoms with Gasteiger partial charge in [-0.2, -0.15) is 0 Å². The molecule has 0 aliphatic carbocycles. The number of rotatable bonds is 4. The van der Waals surface area contributed by atoms with Gasteiger partial charge in [-0.05, 0) is 24.3 Å². The number of esters is 1. The molecule has 0 bridgehead atoms. The second-order valence-corrected chi connectivity index (χ2v) is 4.87. The third-order valence-electron chi connectivity index (χ3n) is 3.23. The van der Waals surface area contributed by atoms with Gasteiger partial charge < -0.3 is 15.0 Å². The van der Waals surface area contributed by atoms with Crippen LogP contribution < -0.4 is 5.32 Å². The minimum atomic E-state index is -0.648.